The van der Waals surface area contributed by atoms with Crippen LogP contribution in [0.15, 0.2) is 24.3 Å². The molecule has 0 spiro atoms. The Morgan fingerprint density at radius 2 is 2.10 bits per heavy atom. The maximum absolute atomic E-state index is 11.8. The molecule has 0 aliphatic carbocycles. The molecule has 0 radical (unpaired) electrons. The summed E-state index contributed by atoms with van der Waals surface area (Å²) in [6.45, 7) is 2.59. The molecule has 5 nitrogen and oxygen atoms in total. The molecule has 0 fully saturated rings. The largest absolute Gasteiger partial charge is 0.383 e. The molecule has 2 rings (SSSR count). The van der Waals surface area contributed by atoms with Crippen molar-refractivity contribution in [3.63, 3.8) is 0 Å². The molecule has 3 N–H and O–H groups in total. The number of hydrogen-bond donors (Lipinski definition) is 3. The number of amides is 1. The van der Waals surface area contributed by atoms with Gasteiger partial charge < -0.3 is 15.5 Å². The first kappa shape index (κ1) is 15.9. The lowest BCUT2D eigenvalue weighted by Gasteiger charge is -2.15. The van der Waals surface area contributed by atoms with Crippen LogP contribution in [0.2, 0.25) is 0 Å². The van der Waals surface area contributed by atoms with Crippen LogP contribution < -0.4 is 5.32 Å². The topological polar surface area (TPSA) is 82.5 Å². The molecule has 0 aliphatic rings. The number of hydrogen-bond acceptors (Lipinski definition) is 5. The van der Waals surface area contributed by atoms with Crippen molar-refractivity contribution < 1.29 is 15.0 Å². The number of carbonyl (C=O) groups is 1. The number of para-hydroxylation sites is 1. The number of aromatic nitrogens is 1. The Kier molecular flexibility index (Phi) is 5.67. The molecule has 1 heterocycles. The Bertz CT molecular complexity index is 566. The molecular formula is C15H20N2O3S. The SMILES string of the molecule is CCCCCNC(=O)C(O)C(O)c1nc2ccccc2s1. The van der Waals surface area contributed by atoms with Gasteiger partial charge in [-0.2, -0.15) is 0 Å². The Morgan fingerprint density at radius 1 is 1.33 bits per heavy atom. The van der Waals surface area contributed by atoms with Gasteiger partial charge >= 0.3 is 0 Å². The van der Waals surface area contributed by atoms with E-state index >= 15 is 0 Å². The zero-order valence-electron chi connectivity index (χ0n) is 12.0. The molecule has 2 atom stereocenters. The maximum Gasteiger partial charge on any atom is 0.252 e. The van der Waals surface area contributed by atoms with Gasteiger partial charge in [0.15, 0.2) is 6.10 Å². The average Bonchev–Trinajstić information content (AvgIpc) is 2.93. The Balaban J connectivity index is 1.97. The third-order valence-electron chi connectivity index (χ3n) is 3.21. The van der Waals surface area contributed by atoms with E-state index < -0.39 is 18.1 Å². The number of nitrogens with zero attached hydrogens (tertiary/aromatic N) is 1. The van der Waals surface area contributed by atoms with Crippen LogP contribution >= 0.6 is 11.3 Å². The van der Waals surface area contributed by atoms with Gasteiger partial charge in [-0.25, -0.2) is 4.98 Å². The lowest BCUT2D eigenvalue weighted by atomic mass is 10.2. The second-order valence-electron chi connectivity index (χ2n) is 4.91. The second kappa shape index (κ2) is 7.49. The van der Waals surface area contributed by atoms with Crippen LogP contribution in [0, 0.1) is 0 Å². The standard InChI is InChI=1S/C15H20N2O3S/c1-2-3-6-9-16-14(20)12(18)13(19)15-17-10-7-4-5-8-11(10)21-15/h4-5,7-8,12-13,18-19H,2-3,6,9H2,1H3,(H,16,20). The Hall–Kier alpha value is -1.50. The number of aliphatic hydroxyl groups excluding tert-OH is 2. The molecule has 0 aliphatic heterocycles. The zero-order chi connectivity index (χ0) is 15.2. The Morgan fingerprint density at radius 3 is 2.81 bits per heavy atom. The number of carbonyl (C=O) groups excluding carboxylic acids is 1. The van der Waals surface area contributed by atoms with Crippen LogP contribution in [0.5, 0.6) is 0 Å². The highest BCUT2D eigenvalue weighted by molar-refractivity contribution is 7.18. The van der Waals surface area contributed by atoms with Crippen molar-refractivity contribution in [3.8, 4) is 0 Å². The number of nitrogens with one attached hydrogen (secondary N) is 1. The third kappa shape index (κ3) is 4.00. The minimum Gasteiger partial charge on any atom is -0.383 e. The molecule has 2 unspecified atom stereocenters. The van der Waals surface area contributed by atoms with Gasteiger partial charge in [0.25, 0.3) is 5.91 Å². The number of unbranched alkanes of at least 4 members (excludes halogenated alkanes) is 2. The van der Waals surface area contributed by atoms with E-state index in [0.717, 1.165) is 29.5 Å². The monoisotopic (exact) mass is 308 g/mol. The molecule has 1 amide bonds. The van der Waals surface area contributed by atoms with E-state index in [1.807, 2.05) is 24.3 Å². The lowest BCUT2D eigenvalue weighted by Crippen LogP contribution is -2.38. The fourth-order valence-corrected chi connectivity index (χ4v) is 2.97. The summed E-state index contributed by atoms with van der Waals surface area (Å²) in [5.74, 6) is -0.558. The molecule has 21 heavy (non-hydrogen) atoms. The van der Waals surface area contributed by atoms with Crippen molar-refractivity contribution >= 4 is 27.5 Å². The summed E-state index contributed by atoms with van der Waals surface area (Å²) >= 11 is 1.28. The third-order valence-corrected chi connectivity index (χ3v) is 4.32. The first-order valence-corrected chi connectivity index (χ1v) is 7.94. The van der Waals surface area contributed by atoms with Gasteiger partial charge in [0.2, 0.25) is 0 Å². The molecular weight excluding hydrogens is 288 g/mol. The van der Waals surface area contributed by atoms with Gasteiger partial charge in [-0.1, -0.05) is 31.9 Å². The number of benzene rings is 1. The zero-order valence-corrected chi connectivity index (χ0v) is 12.8. The van der Waals surface area contributed by atoms with Gasteiger partial charge in [-0.3, -0.25) is 4.79 Å². The smallest absolute Gasteiger partial charge is 0.252 e. The predicted molar refractivity (Wildman–Crippen MR) is 83.1 cm³/mol. The summed E-state index contributed by atoms with van der Waals surface area (Å²) in [5, 5.41) is 23.0. The van der Waals surface area contributed by atoms with Crippen molar-refractivity contribution in [1.29, 1.82) is 0 Å². The average molecular weight is 308 g/mol. The number of rotatable bonds is 7. The van der Waals surface area contributed by atoms with Crippen molar-refractivity contribution in [1.82, 2.24) is 10.3 Å². The lowest BCUT2D eigenvalue weighted by molar-refractivity contribution is -0.135. The summed E-state index contributed by atoms with van der Waals surface area (Å²) in [4.78, 5) is 16.0. The van der Waals surface area contributed by atoms with Crippen LogP contribution in [-0.4, -0.2) is 33.8 Å². The minimum atomic E-state index is -1.49. The first-order valence-electron chi connectivity index (χ1n) is 7.12. The molecule has 6 heteroatoms. The Labute approximate surface area is 127 Å². The van der Waals surface area contributed by atoms with Crippen molar-refractivity contribution in [3.05, 3.63) is 29.3 Å². The van der Waals surface area contributed by atoms with Crippen molar-refractivity contribution in [2.24, 2.45) is 0 Å². The van der Waals surface area contributed by atoms with Crippen LogP contribution in [0.4, 0.5) is 0 Å². The molecule has 0 saturated carbocycles. The van der Waals surface area contributed by atoms with E-state index in [0.29, 0.717) is 11.6 Å². The highest BCUT2D eigenvalue weighted by Crippen LogP contribution is 2.27. The highest BCUT2D eigenvalue weighted by Gasteiger charge is 2.27. The van der Waals surface area contributed by atoms with E-state index in [2.05, 4.69) is 17.2 Å². The maximum atomic E-state index is 11.8. The summed E-state index contributed by atoms with van der Waals surface area (Å²) in [5.41, 5.74) is 0.757. The van der Waals surface area contributed by atoms with Crippen molar-refractivity contribution in [2.75, 3.05) is 6.54 Å². The van der Waals surface area contributed by atoms with Crippen LogP contribution in [0.1, 0.15) is 37.3 Å². The molecule has 2 aromatic rings. The quantitative estimate of drug-likeness (QED) is 0.683. The normalized spacial score (nSPS) is 14.0. The predicted octanol–water partition coefficient (Wildman–Crippen LogP) is 2.00. The van der Waals surface area contributed by atoms with Gasteiger partial charge in [-0.05, 0) is 18.6 Å². The van der Waals surface area contributed by atoms with Crippen LogP contribution in [-0.2, 0) is 4.79 Å². The molecule has 0 bridgehead atoms. The van der Waals surface area contributed by atoms with E-state index in [1.54, 1.807) is 0 Å². The minimum absolute atomic E-state index is 0.354. The summed E-state index contributed by atoms with van der Waals surface area (Å²) in [7, 11) is 0. The summed E-state index contributed by atoms with van der Waals surface area (Å²) in [6, 6.07) is 7.46. The summed E-state index contributed by atoms with van der Waals surface area (Å²) < 4.78 is 0.919. The van der Waals surface area contributed by atoms with Gasteiger partial charge in [0, 0.05) is 6.54 Å². The van der Waals surface area contributed by atoms with E-state index in [4.69, 9.17) is 0 Å². The molecule has 114 valence electrons. The van der Waals surface area contributed by atoms with Crippen LogP contribution in [0.25, 0.3) is 10.2 Å². The number of fused-ring (bicyclic) bond motifs is 1. The number of thiazole rings is 1. The molecule has 1 aromatic heterocycles. The van der Waals surface area contributed by atoms with Crippen LogP contribution in [0.3, 0.4) is 0 Å². The van der Waals surface area contributed by atoms with E-state index in [9.17, 15) is 15.0 Å². The van der Waals surface area contributed by atoms with Crippen molar-refractivity contribution in [2.45, 2.75) is 38.4 Å². The fraction of sp³-hybridized carbons (Fsp3) is 0.467. The summed E-state index contributed by atoms with van der Waals surface area (Å²) in [6.07, 6.45) is 0.163. The highest BCUT2D eigenvalue weighted by atomic mass is 32.1. The van der Waals surface area contributed by atoms with Gasteiger partial charge in [0.05, 0.1) is 10.2 Å². The fourth-order valence-electron chi connectivity index (χ4n) is 1.99. The molecule has 0 saturated heterocycles. The molecule has 1 aromatic carbocycles. The van der Waals surface area contributed by atoms with E-state index in [1.165, 1.54) is 11.3 Å². The second-order valence-corrected chi connectivity index (χ2v) is 5.97. The van der Waals surface area contributed by atoms with E-state index in [-0.39, 0.29) is 0 Å². The van der Waals surface area contributed by atoms with Gasteiger partial charge in [-0.15, -0.1) is 11.3 Å². The van der Waals surface area contributed by atoms with Gasteiger partial charge in [0.1, 0.15) is 11.1 Å². The first-order chi connectivity index (χ1) is 10.1. The number of aliphatic hydroxyl groups is 2.